The normalized spacial score (nSPS) is 11.2. The van der Waals surface area contributed by atoms with Gasteiger partial charge in [-0.1, -0.05) is 25.1 Å². The molecule has 0 bridgehead atoms. The van der Waals surface area contributed by atoms with E-state index in [1.807, 2.05) is 38.1 Å². The lowest BCUT2D eigenvalue weighted by atomic mass is 10.1. The Morgan fingerprint density at radius 2 is 1.82 bits per heavy atom. The fourth-order valence-electron chi connectivity index (χ4n) is 3.26. The van der Waals surface area contributed by atoms with Crippen LogP contribution >= 0.6 is 0 Å². The van der Waals surface area contributed by atoms with Crippen molar-refractivity contribution in [3.63, 3.8) is 0 Å². The number of aromatic amines is 1. The molecule has 28 heavy (non-hydrogen) atoms. The Morgan fingerprint density at radius 1 is 1.04 bits per heavy atom. The number of aliphatic hydroxyl groups excluding tert-OH is 1. The molecule has 0 unspecified atom stereocenters. The number of hydrogen-bond donors (Lipinski definition) is 2. The first-order valence-corrected chi connectivity index (χ1v) is 8.95. The Balaban J connectivity index is 1.97. The van der Waals surface area contributed by atoms with Crippen molar-refractivity contribution in [1.29, 1.82) is 0 Å². The second-order valence-electron chi connectivity index (χ2n) is 6.48. The number of para-hydroxylation sites is 1. The van der Waals surface area contributed by atoms with E-state index in [1.165, 1.54) is 4.68 Å². The molecule has 0 amide bonds. The lowest BCUT2D eigenvalue weighted by molar-refractivity contribution is 0.271. The highest BCUT2D eigenvalue weighted by Crippen LogP contribution is 2.20. The molecule has 2 N–H and O–H groups in total. The molecule has 2 heterocycles. The predicted octanol–water partition coefficient (Wildman–Crippen LogP) is 1.62. The lowest BCUT2D eigenvalue weighted by Crippen LogP contribution is -2.24. The van der Waals surface area contributed by atoms with Crippen molar-refractivity contribution in [3.05, 3.63) is 80.4 Å². The first-order valence-electron chi connectivity index (χ1n) is 8.95. The van der Waals surface area contributed by atoms with Crippen LogP contribution in [0.3, 0.4) is 0 Å². The highest BCUT2D eigenvalue weighted by Gasteiger charge is 2.14. The molecule has 142 valence electrons. The Kier molecular flexibility index (Phi) is 4.40. The zero-order valence-corrected chi connectivity index (χ0v) is 15.5. The molecule has 0 atom stereocenters. The van der Waals surface area contributed by atoms with Crippen molar-refractivity contribution in [1.82, 2.24) is 24.5 Å². The molecule has 8 nitrogen and oxygen atoms in total. The maximum Gasteiger partial charge on any atom is 0.348 e. The van der Waals surface area contributed by atoms with Crippen LogP contribution in [0.25, 0.3) is 22.1 Å². The summed E-state index contributed by atoms with van der Waals surface area (Å²) < 4.78 is 2.60. The zero-order valence-electron chi connectivity index (χ0n) is 15.5. The van der Waals surface area contributed by atoms with Gasteiger partial charge in [-0.05, 0) is 43.2 Å². The molecule has 0 fully saturated rings. The minimum absolute atomic E-state index is 0.175. The van der Waals surface area contributed by atoms with Crippen molar-refractivity contribution in [2.45, 2.75) is 26.9 Å². The fourth-order valence-corrected chi connectivity index (χ4v) is 3.26. The van der Waals surface area contributed by atoms with Crippen LogP contribution in [0.15, 0.2) is 52.1 Å². The summed E-state index contributed by atoms with van der Waals surface area (Å²) in [5.41, 5.74) is 2.25. The van der Waals surface area contributed by atoms with Gasteiger partial charge in [-0.15, -0.1) is 5.10 Å². The van der Waals surface area contributed by atoms with E-state index >= 15 is 0 Å². The van der Waals surface area contributed by atoms with Crippen molar-refractivity contribution in [2.24, 2.45) is 0 Å². The van der Waals surface area contributed by atoms with Gasteiger partial charge in [-0.2, -0.15) is 14.5 Å². The molecule has 0 radical (unpaired) electrons. The van der Waals surface area contributed by atoms with Gasteiger partial charge in [0.1, 0.15) is 6.61 Å². The molecule has 0 aliphatic heterocycles. The third-order valence-electron chi connectivity index (χ3n) is 4.69. The van der Waals surface area contributed by atoms with Gasteiger partial charge in [0.15, 0.2) is 5.82 Å². The monoisotopic (exact) mass is 377 g/mol. The summed E-state index contributed by atoms with van der Waals surface area (Å²) in [7, 11) is 0. The topological polar surface area (TPSA) is 106 Å². The molecule has 8 heteroatoms. The number of nitrogens with zero attached hydrogens (tertiary/aromatic N) is 4. The van der Waals surface area contributed by atoms with Crippen molar-refractivity contribution >= 4 is 10.8 Å². The second-order valence-corrected chi connectivity index (χ2v) is 6.48. The summed E-state index contributed by atoms with van der Waals surface area (Å²) in [5, 5.41) is 19.0. The minimum atomic E-state index is -0.456. The second kappa shape index (κ2) is 6.90. The highest BCUT2D eigenvalue weighted by atomic mass is 16.3. The van der Waals surface area contributed by atoms with Gasteiger partial charge in [-0.3, -0.25) is 9.78 Å². The average molecular weight is 377 g/mol. The Bertz CT molecular complexity index is 1300. The SMILES string of the molecule is CCc1nn(-c2ccccc2C)c(=O)c2ccc(-n3nc(CO)[nH]c3=O)cc12. The Labute approximate surface area is 159 Å². The number of aromatic nitrogens is 5. The average Bonchev–Trinajstić information content (AvgIpc) is 3.09. The number of aryl methyl sites for hydroxylation is 2. The van der Waals surface area contributed by atoms with Gasteiger partial charge in [0.05, 0.1) is 22.5 Å². The van der Waals surface area contributed by atoms with E-state index in [1.54, 1.807) is 18.2 Å². The molecule has 0 saturated carbocycles. The van der Waals surface area contributed by atoms with Crippen LogP contribution in [0.2, 0.25) is 0 Å². The van der Waals surface area contributed by atoms with Crippen LogP contribution < -0.4 is 11.2 Å². The number of benzene rings is 2. The number of H-pyrrole nitrogens is 1. The van der Waals surface area contributed by atoms with Crippen LogP contribution in [0.5, 0.6) is 0 Å². The third-order valence-corrected chi connectivity index (χ3v) is 4.69. The molecular weight excluding hydrogens is 358 g/mol. The quantitative estimate of drug-likeness (QED) is 0.562. The first-order chi connectivity index (χ1) is 13.5. The summed E-state index contributed by atoms with van der Waals surface area (Å²) in [5.74, 6) is 0.175. The molecule has 0 saturated heterocycles. The predicted molar refractivity (Wildman–Crippen MR) is 105 cm³/mol. The molecule has 0 spiro atoms. The molecular formula is C20H19N5O3. The van der Waals surface area contributed by atoms with Gasteiger partial charge in [0.2, 0.25) is 0 Å². The van der Waals surface area contributed by atoms with E-state index in [0.717, 1.165) is 21.6 Å². The van der Waals surface area contributed by atoms with E-state index in [0.29, 0.717) is 22.9 Å². The summed E-state index contributed by atoms with van der Waals surface area (Å²) in [6.45, 7) is 3.54. The van der Waals surface area contributed by atoms with Crippen molar-refractivity contribution < 1.29 is 5.11 Å². The van der Waals surface area contributed by atoms with Gasteiger partial charge >= 0.3 is 5.69 Å². The number of aliphatic hydroxyl groups is 1. The van der Waals surface area contributed by atoms with E-state index in [2.05, 4.69) is 15.2 Å². The van der Waals surface area contributed by atoms with E-state index in [4.69, 9.17) is 0 Å². The van der Waals surface area contributed by atoms with Gasteiger partial charge in [0, 0.05) is 5.39 Å². The molecule has 0 aliphatic rings. The Morgan fingerprint density at radius 3 is 2.50 bits per heavy atom. The summed E-state index contributed by atoms with van der Waals surface area (Å²) >= 11 is 0. The summed E-state index contributed by atoms with van der Waals surface area (Å²) in [4.78, 5) is 27.7. The summed E-state index contributed by atoms with van der Waals surface area (Å²) in [6, 6.07) is 12.7. The van der Waals surface area contributed by atoms with Crippen molar-refractivity contribution in [2.75, 3.05) is 0 Å². The zero-order chi connectivity index (χ0) is 19.8. The molecule has 2 aromatic carbocycles. The Hall–Kier alpha value is -3.52. The summed E-state index contributed by atoms with van der Waals surface area (Å²) in [6.07, 6.45) is 0.615. The maximum absolute atomic E-state index is 13.1. The molecule has 4 aromatic rings. The van der Waals surface area contributed by atoms with Crippen LogP contribution in [0, 0.1) is 6.92 Å². The van der Waals surface area contributed by atoms with Gasteiger partial charge in [-0.25, -0.2) is 4.79 Å². The van der Waals surface area contributed by atoms with Crippen LogP contribution in [-0.2, 0) is 13.0 Å². The largest absolute Gasteiger partial charge is 0.388 e. The minimum Gasteiger partial charge on any atom is -0.388 e. The third kappa shape index (κ3) is 2.84. The van der Waals surface area contributed by atoms with Crippen LogP contribution in [-0.4, -0.2) is 29.7 Å². The fraction of sp³-hybridized carbons (Fsp3) is 0.200. The smallest absolute Gasteiger partial charge is 0.348 e. The molecule has 0 aliphatic carbocycles. The lowest BCUT2D eigenvalue weighted by Gasteiger charge is -2.12. The van der Waals surface area contributed by atoms with Gasteiger partial charge in [0.25, 0.3) is 5.56 Å². The van der Waals surface area contributed by atoms with Crippen molar-refractivity contribution in [3.8, 4) is 11.4 Å². The van der Waals surface area contributed by atoms with E-state index in [9.17, 15) is 14.7 Å². The number of nitrogens with one attached hydrogen (secondary N) is 1. The standard InChI is InChI=1S/C20H19N5O3/c1-3-16-15-10-13(24-20(28)21-18(11-26)23-24)8-9-14(15)19(27)25(22-16)17-7-5-4-6-12(17)2/h4-10,26H,3,11H2,1-2H3,(H,21,23,28). The number of fused-ring (bicyclic) bond motifs is 1. The first kappa shape index (κ1) is 17.9. The van der Waals surface area contributed by atoms with Gasteiger partial charge < -0.3 is 5.11 Å². The number of rotatable bonds is 4. The van der Waals surface area contributed by atoms with E-state index in [-0.39, 0.29) is 18.0 Å². The maximum atomic E-state index is 13.1. The van der Waals surface area contributed by atoms with Crippen LogP contribution in [0.1, 0.15) is 24.0 Å². The molecule has 2 aromatic heterocycles. The highest BCUT2D eigenvalue weighted by molar-refractivity contribution is 5.85. The number of hydrogen-bond acceptors (Lipinski definition) is 5. The van der Waals surface area contributed by atoms with Crippen LogP contribution in [0.4, 0.5) is 0 Å². The molecule has 4 rings (SSSR count). The van der Waals surface area contributed by atoms with E-state index < -0.39 is 5.69 Å².